The standard InChI is InChI=1S/C9H15N5O2/c1-3-14-4-6(10)8(12-14)9(16)13(2)5-7(11)15/h4H,3,5,10H2,1-2H3,(H2,11,15). The number of aromatic nitrogens is 2. The van der Waals surface area contributed by atoms with Crippen molar-refractivity contribution in [2.24, 2.45) is 5.73 Å². The van der Waals surface area contributed by atoms with Gasteiger partial charge >= 0.3 is 0 Å². The predicted molar refractivity (Wildman–Crippen MR) is 58.5 cm³/mol. The first kappa shape index (κ1) is 12.0. The normalized spacial score (nSPS) is 10.1. The van der Waals surface area contributed by atoms with E-state index < -0.39 is 11.8 Å². The lowest BCUT2D eigenvalue weighted by atomic mass is 10.3. The van der Waals surface area contributed by atoms with Crippen molar-refractivity contribution < 1.29 is 9.59 Å². The molecule has 0 saturated heterocycles. The summed E-state index contributed by atoms with van der Waals surface area (Å²) in [6.45, 7) is 2.35. The van der Waals surface area contributed by atoms with Gasteiger partial charge in [0.15, 0.2) is 5.69 Å². The van der Waals surface area contributed by atoms with Gasteiger partial charge in [-0.05, 0) is 6.92 Å². The highest BCUT2D eigenvalue weighted by Gasteiger charge is 2.19. The van der Waals surface area contributed by atoms with Crippen LogP contribution in [0.5, 0.6) is 0 Å². The number of nitrogens with two attached hydrogens (primary N) is 2. The summed E-state index contributed by atoms with van der Waals surface area (Å²) in [6, 6.07) is 0. The molecule has 0 atom stereocenters. The van der Waals surface area contributed by atoms with Gasteiger partial charge in [-0.15, -0.1) is 0 Å². The number of aryl methyl sites for hydroxylation is 1. The number of anilines is 1. The Balaban J connectivity index is 2.87. The topological polar surface area (TPSA) is 107 Å². The van der Waals surface area contributed by atoms with E-state index in [4.69, 9.17) is 11.5 Å². The minimum Gasteiger partial charge on any atom is -0.396 e. The minimum atomic E-state index is -0.579. The van der Waals surface area contributed by atoms with Crippen LogP contribution in [-0.2, 0) is 11.3 Å². The third kappa shape index (κ3) is 2.50. The number of hydrogen-bond donors (Lipinski definition) is 2. The van der Waals surface area contributed by atoms with Gasteiger partial charge in [0.05, 0.1) is 12.2 Å². The fraction of sp³-hybridized carbons (Fsp3) is 0.444. The summed E-state index contributed by atoms with van der Waals surface area (Å²) in [7, 11) is 1.47. The molecule has 1 aromatic heterocycles. The monoisotopic (exact) mass is 225 g/mol. The summed E-state index contributed by atoms with van der Waals surface area (Å²) >= 11 is 0. The molecule has 0 aliphatic rings. The molecule has 0 aliphatic heterocycles. The second kappa shape index (κ2) is 4.65. The molecule has 1 heterocycles. The van der Waals surface area contributed by atoms with Gasteiger partial charge in [-0.1, -0.05) is 0 Å². The molecule has 88 valence electrons. The van der Waals surface area contributed by atoms with Crippen LogP contribution < -0.4 is 11.5 Å². The first-order valence-corrected chi connectivity index (χ1v) is 4.82. The molecule has 4 N–H and O–H groups in total. The number of likely N-dealkylation sites (N-methyl/N-ethyl adjacent to an activating group) is 1. The van der Waals surface area contributed by atoms with Crippen LogP contribution in [0.25, 0.3) is 0 Å². The maximum Gasteiger partial charge on any atom is 0.276 e. The summed E-state index contributed by atoms with van der Waals surface area (Å²) < 4.78 is 1.56. The molecule has 1 rings (SSSR count). The van der Waals surface area contributed by atoms with Crippen LogP contribution in [0.2, 0.25) is 0 Å². The zero-order valence-corrected chi connectivity index (χ0v) is 9.30. The van der Waals surface area contributed by atoms with Gasteiger partial charge in [-0.3, -0.25) is 14.3 Å². The van der Waals surface area contributed by atoms with Crippen molar-refractivity contribution in [3.63, 3.8) is 0 Å². The van der Waals surface area contributed by atoms with E-state index in [1.54, 1.807) is 10.9 Å². The van der Waals surface area contributed by atoms with Crippen LogP contribution in [0.1, 0.15) is 17.4 Å². The van der Waals surface area contributed by atoms with Crippen molar-refractivity contribution >= 4 is 17.5 Å². The maximum absolute atomic E-state index is 11.8. The quantitative estimate of drug-likeness (QED) is 0.688. The van der Waals surface area contributed by atoms with Crippen LogP contribution in [0, 0.1) is 0 Å². The smallest absolute Gasteiger partial charge is 0.276 e. The first-order chi connectivity index (χ1) is 7.45. The average molecular weight is 225 g/mol. The third-order valence-corrected chi connectivity index (χ3v) is 2.06. The van der Waals surface area contributed by atoms with Gasteiger partial charge in [0.2, 0.25) is 5.91 Å². The number of rotatable bonds is 4. The minimum absolute atomic E-state index is 0.144. The van der Waals surface area contributed by atoms with Gasteiger partial charge in [0, 0.05) is 19.8 Å². The molecule has 7 nitrogen and oxygen atoms in total. The van der Waals surface area contributed by atoms with E-state index in [1.807, 2.05) is 6.92 Å². The van der Waals surface area contributed by atoms with Crippen molar-refractivity contribution in [2.45, 2.75) is 13.5 Å². The van der Waals surface area contributed by atoms with E-state index in [-0.39, 0.29) is 12.2 Å². The van der Waals surface area contributed by atoms with Gasteiger partial charge in [0.25, 0.3) is 5.91 Å². The summed E-state index contributed by atoms with van der Waals surface area (Å²) in [6.07, 6.45) is 1.57. The molecule has 0 bridgehead atoms. The Hall–Kier alpha value is -2.05. The zero-order valence-electron chi connectivity index (χ0n) is 9.30. The summed E-state index contributed by atoms with van der Waals surface area (Å²) in [4.78, 5) is 23.6. The average Bonchev–Trinajstić information content (AvgIpc) is 2.57. The SMILES string of the molecule is CCn1cc(N)c(C(=O)N(C)CC(N)=O)n1. The molecule has 0 fully saturated rings. The van der Waals surface area contributed by atoms with Crippen molar-refractivity contribution in [1.82, 2.24) is 14.7 Å². The Morgan fingerprint density at radius 2 is 2.19 bits per heavy atom. The Morgan fingerprint density at radius 1 is 1.56 bits per heavy atom. The number of nitrogen functional groups attached to an aromatic ring is 1. The van der Waals surface area contributed by atoms with Crippen LogP contribution in [0.4, 0.5) is 5.69 Å². The van der Waals surface area contributed by atoms with Crippen molar-refractivity contribution in [3.05, 3.63) is 11.9 Å². The highest BCUT2D eigenvalue weighted by Crippen LogP contribution is 2.11. The van der Waals surface area contributed by atoms with Crippen LogP contribution in [0.15, 0.2) is 6.20 Å². The molecule has 0 unspecified atom stereocenters. The highest BCUT2D eigenvalue weighted by atomic mass is 16.2. The Morgan fingerprint density at radius 3 is 2.62 bits per heavy atom. The van der Waals surface area contributed by atoms with Crippen molar-refractivity contribution in [2.75, 3.05) is 19.3 Å². The van der Waals surface area contributed by atoms with E-state index >= 15 is 0 Å². The largest absolute Gasteiger partial charge is 0.396 e. The number of amides is 2. The van der Waals surface area contributed by atoms with Gasteiger partial charge in [-0.25, -0.2) is 0 Å². The summed E-state index contributed by atoms with van der Waals surface area (Å²) in [5.41, 5.74) is 11.1. The maximum atomic E-state index is 11.8. The number of carbonyl (C=O) groups excluding carboxylic acids is 2. The van der Waals surface area contributed by atoms with E-state index in [0.29, 0.717) is 12.2 Å². The van der Waals surface area contributed by atoms with E-state index in [2.05, 4.69) is 5.10 Å². The Kier molecular flexibility index (Phi) is 3.49. The van der Waals surface area contributed by atoms with Crippen LogP contribution >= 0.6 is 0 Å². The molecular weight excluding hydrogens is 210 g/mol. The summed E-state index contributed by atoms with van der Waals surface area (Å²) in [5.74, 6) is -0.993. The number of primary amides is 1. The number of hydrogen-bond acceptors (Lipinski definition) is 4. The fourth-order valence-electron chi connectivity index (χ4n) is 1.25. The number of nitrogens with zero attached hydrogens (tertiary/aromatic N) is 3. The molecular formula is C9H15N5O2. The van der Waals surface area contributed by atoms with Gasteiger partial charge in [0.1, 0.15) is 0 Å². The molecule has 1 aromatic rings. The Labute approximate surface area is 93.0 Å². The lowest BCUT2D eigenvalue weighted by Crippen LogP contribution is -2.35. The van der Waals surface area contributed by atoms with Crippen molar-refractivity contribution in [1.29, 1.82) is 0 Å². The molecule has 0 saturated carbocycles. The molecule has 2 amide bonds. The van der Waals surface area contributed by atoms with Gasteiger partial charge in [-0.2, -0.15) is 5.10 Å². The number of carbonyl (C=O) groups is 2. The lowest BCUT2D eigenvalue weighted by molar-refractivity contribution is -0.118. The van der Waals surface area contributed by atoms with Gasteiger partial charge < -0.3 is 16.4 Å². The summed E-state index contributed by atoms with van der Waals surface area (Å²) in [5, 5.41) is 4.00. The highest BCUT2D eigenvalue weighted by molar-refractivity contribution is 5.98. The van der Waals surface area contributed by atoms with E-state index in [0.717, 1.165) is 0 Å². The fourth-order valence-corrected chi connectivity index (χ4v) is 1.25. The zero-order chi connectivity index (χ0) is 12.3. The van der Waals surface area contributed by atoms with Crippen molar-refractivity contribution in [3.8, 4) is 0 Å². The lowest BCUT2D eigenvalue weighted by Gasteiger charge is -2.13. The van der Waals surface area contributed by atoms with E-state index in [9.17, 15) is 9.59 Å². The van der Waals surface area contributed by atoms with E-state index in [1.165, 1.54) is 11.9 Å². The molecule has 0 spiro atoms. The first-order valence-electron chi connectivity index (χ1n) is 4.82. The molecule has 7 heteroatoms. The van der Waals surface area contributed by atoms with Crippen LogP contribution in [0.3, 0.4) is 0 Å². The second-order valence-electron chi connectivity index (χ2n) is 3.42. The molecule has 0 aliphatic carbocycles. The second-order valence-corrected chi connectivity index (χ2v) is 3.42. The molecule has 16 heavy (non-hydrogen) atoms. The third-order valence-electron chi connectivity index (χ3n) is 2.06. The molecule has 0 aromatic carbocycles. The Bertz CT molecular complexity index is 412. The van der Waals surface area contributed by atoms with Crippen LogP contribution in [-0.4, -0.2) is 40.1 Å². The predicted octanol–water partition coefficient (Wildman–Crippen LogP) is -0.957. The molecule has 0 radical (unpaired) electrons.